The fraction of sp³-hybridized carbons (Fsp3) is 0.429. The van der Waals surface area contributed by atoms with Gasteiger partial charge in [0, 0.05) is 18.2 Å². The minimum Gasteiger partial charge on any atom is -0.394 e. The first-order chi connectivity index (χ1) is 5.22. The Labute approximate surface area is 63.9 Å². The molecule has 11 heavy (non-hydrogen) atoms. The Morgan fingerprint density at radius 3 is 2.73 bits per heavy atom. The first-order valence-corrected chi connectivity index (χ1v) is 3.31. The predicted octanol–water partition coefficient (Wildman–Crippen LogP) is -0.733. The molecular formula is C7H9NO3. The van der Waals surface area contributed by atoms with Gasteiger partial charge in [-0.3, -0.25) is 4.79 Å². The van der Waals surface area contributed by atoms with Crippen LogP contribution in [0.15, 0.2) is 17.1 Å². The number of rotatable bonds is 3. The molecule has 4 heteroatoms. The van der Waals surface area contributed by atoms with E-state index in [0.29, 0.717) is 5.71 Å². The number of aliphatic hydroxyl groups excluding tert-OH is 2. The van der Waals surface area contributed by atoms with Gasteiger partial charge in [0.15, 0.2) is 0 Å². The molecule has 2 N–H and O–H groups in total. The molecule has 0 saturated carbocycles. The van der Waals surface area contributed by atoms with Crippen LogP contribution in [0.3, 0.4) is 0 Å². The van der Waals surface area contributed by atoms with E-state index in [0.717, 1.165) is 0 Å². The van der Waals surface area contributed by atoms with Gasteiger partial charge in [0.05, 0.1) is 12.7 Å². The van der Waals surface area contributed by atoms with Crippen molar-refractivity contribution in [3.8, 4) is 0 Å². The lowest BCUT2D eigenvalue weighted by molar-refractivity contribution is -0.113. The highest BCUT2D eigenvalue weighted by Gasteiger charge is 2.10. The molecule has 1 rings (SSSR count). The Hall–Kier alpha value is -1.00. The molecule has 1 amide bonds. The molecule has 0 aliphatic carbocycles. The van der Waals surface area contributed by atoms with Crippen molar-refractivity contribution in [3.05, 3.63) is 12.2 Å². The summed E-state index contributed by atoms with van der Waals surface area (Å²) in [5.74, 6) is -0.301. The van der Waals surface area contributed by atoms with Gasteiger partial charge in [-0.2, -0.15) is 0 Å². The molecule has 0 saturated heterocycles. The number of carbonyl (C=O) groups excluding carboxylic acids is 1. The summed E-state index contributed by atoms with van der Waals surface area (Å²) < 4.78 is 0. The number of nitrogens with zero attached hydrogens (tertiary/aromatic N) is 1. The number of amides is 1. The van der Waals surface area contributed by atoms with Crippen LogP contribution in [0.2, 0.25) is 0 Å². The van der Waals surface area contributed by atoms with E-state index in [4.69, 9.17) is 10.2 Å². The molecule has 60 valence electrons. The SMILES string of the molecule is O=C1C=CC(CC(O)CO)=N1. The normalized spacial score (nSPS) is 18.7. The quantitative estimate of drug-likeness (QED) is 0.564. The van der Waals surface area contributed by atoms with Crippen LogP contribution >= 0.6 is 0 Å². The summed E-state index contributed by atoms with van der Waals surface area (Å²) in [6.07, 6.45) is 2.30. The highest BCUT2D eigenvalue weighted by Crippen LogP contribution is 2.02. The average Bonchev–Trinajstić information content (AvgIpc) is 2.35. The average molecular weight is 155 g/mol. The third-order valence-electron chi connectivity index (χ3n) is 1.33. The van der Waals surface area contributed by atoms with Crippen molar-refractivity contribution in [3.63, 3.8) is 0 Å². The molecule has 4 nitrogen and oxygen atoms in total. The monoisotopic (exact) mass is 155 g/mol. The van der Waals surface area contributed by atoms with Gasteiger partial charge in [-0.15, -0.1) is 0 Å². The third kappa shape index (κ3) is 2.25. The zero-order chi connectivity index (χ0) is 8.27. The van der Waals surface area contributed by atoms with Crippen LogP contribution in [0.1, 0.15) is 6.42 Å². The van der Waals surface area contributed by atoms with Gasteiger partial charge in [0.1, 0.15) is 0 Å². The van der Waals surface area contributed by atoms with Crippen LogP contribution in [-0.2, 0) is 4.79 Å². The van der Waals surface area contributed by atoms with Crippen LogP contribution in [0.4, 0.5) is 0 Å². The van der Waals surface area contributed by atoms with Crippen LogP contribution in [0.5, 0.6) is 0 Å². The van der Waals surface area contributed by atoms with E-state index >= 15 is 0 Å². The molecule has 0 bridgehead atoms. The lowest BCUT2D eigenvalue weighted by Gasteiger charge is -2.03. The van der Waals surface area contributed by atoms with Crippen molar-refractivity contribution in [1.29, 1.82) is 0 Å². The Bertz CT molecular complexity index is 220. The first-order valence-electron chi connectivity index (χ1n) is 3.31. The van der Waals surface area contributed by atoms with Gasteiger partial charge in [-0.1, -0.05) is 0 Å². The minimum atomic E-state index is -0.815. The van der Waals surface area contributed by atoms with E-state index in [9.17, 15) is 4.79 Å². The molecule has 1 aliphatic heterocycles. The van der Waals surface area contributed by atoms with Gasteiger partial charge in [-0.05, 0) is 6.08 Å². The molecule has 0 radical (unpaired) electrons. The van der Waals surface area contributed by atoms with Gasteiger partial charge < -0.3 is 10.2 Å². The Morgan fingerprint density at radius 1 is 1.55 bits per heavy atom. The second-order valence-corrected chi connectivity index (χ2v) is 2.32. The Morgan fingerprint density at radius 2 is 2.27 bits per heavy atom. The summed E-state index contributed by atoms with van der Waals surface area (Å²) in [5, 5.41) is 17.4. The Kier molecular flexibility index (Phi) is 2.51. The molecule has 1 heterocycles. The van der Waals surface area contributed by atoms with E-state index in [1.807, 2.05) is 0 Å². The number of allylic oxidation sites excluding steroid dienone is 1. The summed E-state index contributed by atoms with van der Waals surface area (Å²) in [7, 11) is 0. The van der Waals surface area contributed by atoms with E-state index in [1.165, 1.54) is 6.08 Å². The summed E-state index contributed by atoms with van der Waals surface area (Å²) in [6, 6.07) is 0. The highest BCUT2D eigenvalue weighted by molar-refractivity contribution is 6.13. The second-order valence-electron chi connectivity index (χ2n) is 2.32. The van der Waals surface area contributed by atoms with Crippen molar-refractivity contribution < 1.29 is 15.0 Å². The lowest BCUT2D eigenvalue weighted by atomic mass is 10.2. The summed E-state index contributed by atoms with van der Waals surface area (Å²) in [4.78, 5) is 14.1. The molecule has 1 aliphatic rings. The number of aliphatic hydroxyl groups is 2. The van der Waals surface area contributed by atoms with Crippen LogP contribution in [0, 0.1) is 0 Å². The first kappa shape index (κ1) is 8.10. The lowest BCUT2D eigenvalue weighted by Crippen LogP contribution is -2.15. The molecule has 1 atom stereocenters. The molecule has 1 unspecified atom stereocenters. The van der Waals surface area contributed by atoms with E-state index < -0.39 is 6.10 Å². The second kappa shape index (κ2) is 3.41. The van der Waals surface area contributed by atoms with Crippen molar-refractivity contribution in [2.24, 2.45) is 4.99 Å². The number of carbonyl (C=O) groups is 1. The third-order valence-corrected chi connectivity index (χ3v) is 1.33. The van der Waals surface area contributed by atoms with Crippen LogP contribution in [-0.4, -0.2) is 34.5 Å². The van der Waals surface area contributed by atoms with Crippen molar-refractivity contribution in [1.82, 2.24) is 0 Å². The number of hydrogen-bond donors (Lipinski definition) is 2. The number of hydrogen-bond acceptors (Lipinski definition) is 3. The van der Waals surface area contributed by atoms with Crippen LogP contribution < -0.4 is 0 Å². The molecule has 0 aromatic carbocycles. The van der Waals surface area contributed by atoms with Crippen LogP contribution in [0.25, 0.3) is 0 Å². The fourth-order valence-electron chi connectivity index (χ4n) is 0.803. The summed E-state index contributed by atoms with van der Waals surface area (Å²) >= 11 is 0. The molecule has 0 aromatic rings. The maximum absolute atomic E-state index is 10.5. The zero-order valence-electron chi connectivity index (χ0n) is 5.90. The van der Waals surface area contributed by atoms with E-state index in [2.05, 4.69) is 4.99 Å². The maximum atomic E-state index is 10.5. The van der Waals surface area contributed by atoms with E-state index in [1.54, 1.807) is 6.08 Å². The van der Waals surface area contributed by atoms with E-state index in [-0.39, 0.29) is 18.9 Å². The highest BCUT2D eigenvalue weighted by atomic mass is 16.3. The Balaban J connectivity index is 2.45. The topological polar surface area (TPSA) is 69.9 Å². The smallest absolute Gasteiger partial charge is 0.269 e. The van der Waals surface area contributed by atoms with Gasteiger partial charge in [0.2, 0.25) is 0 Å². The van der Waals surface area contributed by atoms with Gasteiger partial charge >= 0.3 is 0 Å². The molecule has 0 fully saturated rings. The molecule has 0 spiro atoms. The fourth-order valence-corrected chi connectivity index (χ4v) is 0.803. The van der Waals surface area contributed by atoms with Crippen molar-refractivity contribution in [2.45, 2.75) is 12.5 Å². The zero-order valence-corrected chi connectivity index (χ0v) is 5.90. The standard InChI is InChI=1S/C7H9NO3/c9-4-6(10)3-5-1-2-7(11)8-5/h1-2,6,9-10H,3-4H2. The largest absolute Gasteiger partial charge is 0.394 e. The summed E-state index contributed by atoms with van der Waals surface area (Å²) in [6.45, 7) is -0.305. The summed E-state index contributed by atoms with van der Waals surface area (Å²) in [5.41, 5.74) is 0.525. The maximum Gasteiger partial charge on any atom is 0.269 e. The van der Waals surface area contributed by atoms with Gasteiger partial charge in [-0.25, -0.2) is 4.99 Å². The molecule has 0 aromatic heterocycles. The number of aliphatic imine (C=N–C) groups is 1. The van der Waals surface area contributed by atoms with Gasteiger partial charge in [0.25, 0.3) is 5.91 Å². The van der Waals surface area contributed by atoms with Crippen molar-refractivity contribution >= 4 is 11.6 Å². The minimum absolute atomic E-state index is 0.235. The molecular weight excluding hydrogens is 146 g/mol. The predicted molar refractivity (Wildman–Crippen MR) is 39.3 cm³/mol. The van der Waals surface area contributed by atoms with Crippen molar-refractivity contribution in [2.75, 3.05) is 6.61 Å².